The predicted molar refractivity (Wildman–Crippen MR) is 163 cm³/mol. The van der Waals surface area contributed by atoms with E-state index in [9.17, 15) is 19.5 Å². The SMILES string of the molecule is CCCCCCCCN(C(=O)C(CS)NC(=O)OC(C)(C)C)C(C(=O)Nc1ccccc1C)c1ccc(O)cc1. The number of amides is 3. The number of unbranched alkanes of at least 4 members (excludes halogenated alkanes) is 5. The molecule has 0 spiro atoms. The third-order valence-electron chi connectivity index (χ3n) is 6.38. The summed E-state index contributed by atoms with van der Waals surface area (Å²) >= 11 is 4.35. The van der Waals surface area contributed by atoms with Gasteiger partial charge in [-0.25, -0.2) is 4.79 Å². The number of phenolic OH excluding ortho intramolecular Hbond substituents is 1. The Morgan fingerprint density at radius 2 is 1.60 bits per heavy atom. The molecule has 0 aliphatic heterocycles. The molecule has 3 N–H and O–H groups in total. The third kappa shape index (κ3) is 10.8. The lowest BCUT2D eigenvalue weighted by Gasteiger charge is -2.34. The fourth-order valence-corrected chi connectivity index (χ4v) is 4.56. The lowest BCUT2D eigenvalue weighted by Crippen LogP contribution is -2.53. The number of nitrogens with one attached hydrogen (secondary N) is 2. The summed E-state index contributed by atoms with van der Waals surface area (Å²) in [6.07, 6.45) is 5.28. The second kappa shape index (κ2) is 16.2. The van der Waals surface area contributed by atoms with Crippen LogP contribution in [0.5, 0.6) is 5.75 Å². The highest BCUT2D eigenvalue weighted by atomic mass is 32.1. The Bertz CT molecular complexity index is 1100. The third-order valence-corrected chi connectivity index (χ3v) is 6.74. The number of anilines is 1. The number of benzene rings is 2. The summed E-state index contributed by atoms with van der Waals surface area (Å²) in [6, 6.07) is 11.7. The van der Waals surface area contributed by atoms with Crippen LogP contribution >= 0.6 is 12.6 Å². The molecule has 0 bridgehead atoms. The minimum atomic E-state index is -1.01. The maximum Gasteiger partial charge on any atom is 0.408 e. The Hall–Kier alpha value is -3.20. The number of alkyl carbamates (subject to hydrolysis) is 1. The van der Waals surface area contributed by atoms with Crippen molar-refractivity contribution in [1.29, 1.82) is 0 Å². The highest BCUT2D eigenvalue weighted by molar-refractivity contribution is 7.80. The lowest BCUT2D eigenvalue weighted by atomic mass is 10.0. The Morgan fingerprint density at radius 3 is 2.20 bits per heavy atom. The standard InChI is InChI=1S/C31H45N3O5S/c1-6-7-8-9-10-13-20-34(29(37)26(21-40)33-30(38)39-31(3,4)5)27(23-16-18-24(35)19-17-23)28(36)32-25-15-12-11-14-22(25)2/h11-12,14-19,26-27,35,40H,6-10,13,20-21H2,1-5H3,(H,32,36)(H,33,38). The number of ether oxygens (including phenoxy) is 1. The molecule has 2 aromatic carbocycles. The fourth-order valence-electron chi connectivity index (χ4n) is 4.31. The molecular formula is C31H45N3O5S. The summed E-state index contributed by atoms with van der Waals surface area (Å²) in [7, 11) is 0. The van der Waals surface area contributed by atoms with Crippen LogP contribution < -0.4 is 10.6 Å². The maximum atomic E-state index is 14.0. The zero-order valence-electron chi connectivity index (χ0n) is 24.4. The van der Waals surface area contributed by atoms with Crippen LogP contribution in [0.15, 0.2) is 48.5 Å². The van der Waals surface area contributed by atoms with Crippen molar-refractivity contribution in [3.8, 4) is 5.75 Å². The van der Waals surface area contributed by atoms with E-state index >= 15 is 0 Å². The minimum absolute atomic E-state index is 0.0206. The monoisotopic (exact) mass is 571 g/mol. The van der Waals surface area contributed by atoms with Gasteiger partial charge in [-0.05, 0) is 63.4 Å². The molecule has 2 atom stereocenters. The van der Waals surface area contributed by atoms with E-state index in [1.54, 1.807) is 32.9 Å². The minimum Gasteiger partial charge on any atom is -0.508 e. The molecule has 8 nitrogen and oxygen atoms in total. The highest BCUT2D eigenvalue weighted by Crippen LogP contribution is 2.27. The summed E-state index contributed by atoms with van der Waals surface area (Å²) in [5.41, 5.74) is 1.32. The summed E-state index contributed by atoms with van der Waals surface area (Å²) in [5.74, 6) is -0.760. The average Bonchev–Trinajstić information content (AvgIpc) is 2.89. The number of aromatic hydroxyl groups is 1. The molecule has 0 saturated carbocycles. The molecule has 0 aliphatic rings. The molecule has 2 rings (SSSR count). The number of hydrogen-bond donors (Lipinski definition) is 4. The van der Waals surface area contributed by atoms with Gasteiger partial charge in [0.15, 0.2) is 0 Å². The van der Waals surface area contributed by atoms with E-state index in [1.807, 2.05) is 31.2 Å². The number of phenols is 1. The van der Waals surface area contributed by atoms with Gasteiger partial charge in [-0.15, -0.1) is 0 Å². The van der Waals surface area contributed by atoms with E-state index in [0.717, 1.165) is 37.7 Å². The molecular weight excluding hydrogens is 526 g/mol. The van der Waals surface area contributed by atoms with Gasteiger partial charge in [-0.3, -0.25) is 9.59 Å². The largest absolute Gasteiger partial charge is 0.508 e. The molecule has 0 aromatic heterocycles. The van der Waals surface area contributed by atoms with Crippen LogP contribution in [0.25, 0.3) is 0 Å². The lowest BCUT2D eigenvalue weighted by molar-refractivity contribution is -0.140. The van der Waals surface area contributed by atoms with Crippen molar-refractivity contribution in [3.63, 3.8) is 0 Å². The quantitative estimate of drug-likeness (QED) is 0.155. The predicted octanol–water partition coefficient (Wildman–Crippen LogP) is 6.39. The molecule has 0 heterocycles. The van der Waals surface area contributed by atoms with Gasteiger partial charge in [0.05, 0.1) is 0 Å². The van der Waals surface area contributed by atoms with E-state index in [1.165, 1.54) is 17.0 Å². The second-order valence-corrected chi connectivity index (χ2v) is 11.3. The van der Waals surface area contributed by atoms with Crippen molar-refractivity contribution in [3.05, 3.63) is 59.7 Å². The number of carbonyl (C=O) groups excluding carboxylic acids is 3. The number of carbonyl (C=O) groups is 3. The average molecular weight is 572 g/mol. The molecule has 40 heavy (non-hydrogen) atoms. The molecule has 0 radical (unpaired) electrons. The van der Waals surface area contributed by atoms with E-state index in [4.69, 9.17) is 4.74 Å². The molecule has 3 amide bonds. The number of hydrogen-bond acceptors (Lipinski definition) is 6. The van der Waals surface area contributed by atoms with Gasteiger partial charge in [0.2, 0.25) is 5.91 Å². The van der Waals surface area contributed by atoms with Crippen molar-refractivity contribution >= 4 is 36.2 Å². The first-order valence-electron chi connectivity index (χ1n) is 14.0. The van der Waals surface area contributed by atoms with Crippen molar-refractivity contribution < 1.29 is 24.2 Å². The zero-order chi connectivity index (χ0) is 29.7. The first-order chi connectivity index (χ1) is 19.0. The Balaban J connectivity index is 2.43. The molecule has 2 aromatic rings. The molecule has 0 aliphatic carbocycles. The number of rotatable bonds is 14. The van der Waals surface area contributed by atoms with Gasteiger partial charge < -0.3 is 25.4 Å². The molecule has 0 saturated heterocycles. The smallest absolute Gasteiger partial charge is 0.408 e. The number of para-hydroxylation sites is 1. The first kappa shape index (κ1) is 33.0. The fraction of sp³-hybridized carbons (Fsp3) is 0.516. The zero-order valence-corrected chi connectivity index (χ0v) is 25.3. The van der Waals surface area contributed by atoms with Crippen LogP contribution in [0.1, 0.15) is 83.4 Å². The number of aryl methyl sites for hydroxylation is 1. The van der Waals surface area contributed by atoms with Crippen molar-refractivity contribution in [2.75, 3.05) is 17.6 Å². The summed E-state index contributed by atoms with van der Waals surface area (Å²) in [5, 5.41) is 15.5. The second-order valence-electron chi connectivity index (χ2n) is 11.0. The van der Waals surface area contributed by atoms with E-state index in [2.05, 4.69) is 30.2 Å². The number of nitrogens with zero attached hydrogens (tertiary/aromatic N) is 1. The molecule has 9 heteroatoms. The van der Waals surface area contributed by atoms with Gasteiger partial charge in [-0.1, -0.05) is 69.4 Å². The molecule has 2 unspecified atom stereocenters. The molecule has 0 fully saturated rings. The topological polar surface area (TPSA) is 108 Å². The Kier molecular flexibility index (Phi) is 13.3. The molecule has 220 valence electrons. The van der Waals surface area contributed by atoms with Gasteiger partial charge in [0.25, 0.3) is 5.91 Å². The van der Waals surface area contributed by atoms with Gasteiger partial charge in [-0.2, -0.15) is 12.6 Å². The Morgan fingerprint density at radius 1 is 0.975 bits per heavy atom. The summed E-state index contributed by atoms with van der Waals surface area (Å²) < 4.78 is 5.37. The van der Waals surface area contributed by atoms with Crippen LogP contribution in [0, 0.1) is 6.92 Å². The number of thiol groups is 1. The van der Waals surface area contributed by atoms with Crippen LogP contribution in [0.4, 0.5) is 10.5 Å². The normalized spacial score (nSPS) is 12.8. The van der Waals surface area contributed by atoms with Crippen LogP contribution in [-0.4, -0.2) is 51.9 Å². The van der Waals surface area contributed by atoms with Gasteiger partial charge in [0.1, 0.15) is 23.4 Å². The van der Waals surface area contributed by atoms with Gasteiger partial charge >= 0.3 is 6.09 Å². The van der Waals surface area contributed by atoms with E-state index in [0.29, 0.717) is 24.2 Å². The maximum absolute atomic E-state index is 14.0. The summed E-state index contributed by atoms with van der Waals surface area (Å²) in [4.78, 5) is 42.0. The van der Waals surface area contributed by atoms with E-state index in [-0.39, 0.29) is 11.5 Å². The van der Waals surface area contributed by atoms with E-state index < -0.39 is 35.6 Å². The highest BCUT2D eigenvalue weighted by Gasteiger charge is 2.36. The van der Waals surface area contributed by atoms with Crippen LogP contribution in [-0.2, 0) is 14.3 Å². The van der Waals surface area contributed by atoms with Crippen molar-refractivity contribution in [2.24, 2.45) is 0 Å². The summed E-state index contributed by atoms with van der Waals surface area (Å²) in [6.45, 7) is 9.58. The first-order valence-corrected chi connectivity index (χ1v) is 14.7. The van der Waals surface area contributed by atoms with Crippen LogP contribution in [0.3, 0.4) is 0 Å². The van der Waals surface area contributed by atoms with Crippen molar-refractivity contribution in [2.45, 2.75) is 90.8 Å². The van der Waals surface area contributed by atoms with Crippen LogP contribution in [0.2, 0.25) is 0 Å². The Labute approximate surface area is 244 Å². The van der Waals surface area contributed by atoms with Crippen molar-refractivity contribution in [1.82, 2.24) is 10.2 Å². The van der Waals surface area contributed by atoms with Gasteiger partial charge in [0, 0.05) is 18.0 Å².